The zero-order valence-corrected chi connectivity index (χ0v) is 19.6. The summed E-state index contributed by atoms with van der Waals surface area (Å²) < 4.78 is 11.9. The lowest BCUT2D eigenvalue weighted by Gasteiger charge is -2.13. The van der Waals surface area contributed by atoms with E-state index < -0.39 is 0 Å². The Balaban J connectivity index is 1.61. The maximum Gasteiger partial charge on any atom is 0.250 e. The van der Waals surface area contributed by atoms with Crippen LogP contribution < -0.4 is 15.4 Å². The van der Waals surface area contributed by atoms with Crippen LogP contribution >= 0.6 is 11.3 Å². The van der Waals surface area contributed by atoms with E-state index in [1.807, 2.05) is 13.8 Å². The quantitative estimate of drug-likeness (QED) is 0.539. The molecule has 1 aromatic carbocycles. The van der Waals surface area contributed by atoms with Gasteiger partial charge in [0.25, 0.3) is 0 Å². The van der Waals surface area contributed by atoms with E-state index in [0.717, 1.165) is 59.1 Å². The zero-order chi connectivity index (χ0) is 22.8. The molecule has 0 saturated heterocycles. The number of fused-ring (bicyclic) bond motifs is 3. The van der Waals surface area contributed by atoms with Gasteiger partial charge in [-0.1, -0.05) is 0 Å². The maximum atomic E-state index is 12.7. The van der Waals surface area contributed by atoms with Crippen LogP contribution in [0.5, 0.6) is 5.75 Å². The molecule has 3 aromatic rings. The summed E-state index contributed by atoms with van der Waals surface area (Å²) in [5.41, 5.74) is 5.39. The van der Waals surface area contributed by atoms with Crippen LogP contribution in [0.4, 0.5) is 5.13 Å². The van der Waals surface area contributed by atoms with E-state index >= 15 is 0 Å². The van der Waals surface area contributed by atoms with Crippen LogP contribution in [0.25, 0.3) is 16.5 Å². The van der Waals surface area contributed by atoms with E-state index in [-0.39, 0.29) is 18.2 Å². The van der Waals surface area contributed by atoms with Gasteiger partial charge in [-0.15, -0.1) is 11.3 Å². The van der Waals surface area contributed by atoms with Gasteiger partial charge in [0.2, 0.25) is 11.8 Å². The molecule has 32 heavy (non-hydrogen) atoms. The van der Waals surface area contributed by atoms with Gasteiger partial charge in [-0.05, 0) is 44.7 Å². The molecular weight excluding hydrogens is 426 g/mol. The molecule has 0 spiro atoms. The maximum absolute atomic E-state index is 12.7. The van der Waals surface area contributed by atoms with Gasteiger partial charge in [0, 0.05) is 47.0 Å². The molecule has 1 aliphatic carbocycles. The third-order valence-corrected chi connectivity index (χ3v) is 6.61. The number of furan rings is 1. The molecule has 0 saturated carbocycles. The lowest BCUT2D eigenvalue weighted by Crippen LogP contribution is -2.20. The van der Waals surface area contributed by atoms with Crippen molar-refractivity contribution >= 4 is 44.8 Å². The standard InChI is InChI=1S/C24H27N3O4S/c1-13(9-21(29)27-24-26-15(12-32-24)10-20(28)25-3)17-11-18-16-7-5-6-8-19(16)31-23(18)14(2)22(17)30-4/h9,11-12H,5-8,10H2,1-4H3,(H,25,28)(H,26,27,29)/b13-9+. The molecule has 0 aliphatic heterocycles. The van der Waals surface area contributed by atoms with E-state index in [0.29, 0.717) is 16.6 Å². The molecule has 8 heteroatoms. The number of benzene rings is 1. The molecule has 168 valence electrons. The van der Waals surface area contributed by atoms with E-state index in [9.17, 15) is 9.59 Å². The summed E-state index contributed by atoms with van der Waals surface area (Å²) in [5.74, 6) is 1.39. The summed E-state index contributed by atoms with van der Waals surface area (Å²) in [7, 11) is 3.22. The van der Waals surface area contributed by atoms with Gasteiger partial charge >= 0.3 is 0 Å². The van der Waals surface area contributed by atoms with E-state index in [1.165, 1.54) is 16.9 Å². The van der Waals surface area contributed by atoms with Gasteiger partial charge in [0.05, 0.1) is 19.2 Å². The van der Waals surface area contributed by atoms with Crippen LogP contribution in [0.2, 0.25) is 0 Å². The Morgan fingerprint density at radius 2 is 2.09 bits per heavy atom. The normalized spacial score (nSPS) is 13.7. The average molecular weight is 454 g/mol. The molecule has 2 heterocycles. The third-order valence-electron chi connectivity index (χ3n) is 5.81. The summed E-state index contributed by atoms with van der Waals surface area (Å²) in [5, 5.41) is 8.69. The Morgan fingerprint density at radius 3 is 2.84 bits per heavy atom. The summed E-state index contributed by atoms with van der Waals surface area (Å²) in [6, 6.07) is 2.08. The van der Waals surface area contributed by atoms with Crippen molar-refractivity contribution < 1.29 is 18.7 Å². The lowest BCUT2D eigenvalue weighted by molar-refractivity contribution is -0.120. The zero-order valence-electron chi connectivity index (χ0n) is 18.8. The van der Waals surface area contributed by atoms with Gasteiger partial charge in [-0.3, -0.25) is 14.9 Å². The van der Waals surface area contributed by atoms with Gasteiger partial charge < -0.3 is 14.5 Å². The molecule has 0 radical (unpaired) electrons. The molecule has 0 fully saturated rings. The second-order valence-corrected chi connectivity index (χ2v) is 8.84. The Kier molecular flexibility index (Phi) is 6.32. The number of likely N-dealkylation sites (N-methyl/N-ethyl adjacent to an activating group) is 1. The topological polar surface area (TPSA) is 93.5 Å². The van der Waals surface area contributed by atoms with Gasteiger partial charge in [-0.25, -0.2) is 4.98 Å². The summed E-state index contributed by atoms with van der Waals surface area (Å²) in [6.45, 7) is 3.89. The number of aromatic nitrogens is 1. The number of ether oxygens (including phenoxy) is 1. The fourth-order valence-corrected chi connectivity index (χ4v) is 4.92. The highest BCUT2D eigenvalue weighted by atomic mass is 32.1. The average Bonchev–Trinajstić information content (AvgIpc) is 3.37. The summed E-state index contributed by atoms with van der Waals surface area (Å²) in [6.07, 6.45) is 6.03. The predicted molar refractivity (Wildman–Crippen MR) is 126 cm³/mol. The molecule has 4 rings (SSSR count). The van der Waals surface area contributed by atoms with Crippen molar-refractivity contribution in [1.29, 1.82) is 0 Å². The Morgan fingerprint density at radius 1 is 1.31 bits per heavy atom. The van der Waals surface area contributed by atoms with Crippen LogP contribution in [0, 0.1) is 6.92 Å². The summed E-state index contributed by atoms with van der Waals surface area (Å²) >= 11 is 1.29. The highest BCUT2D eigenvalue weighted by molar-refractivity contribution is 7.14. The van der Waals surface area contributed by atoms with Crippen molar-refractivity contribution in [2.75, 3.05) is 19.5 Å². The molecule has 2 amide bonds. The summed E-state index contributed by atoms with van der Waals surface area (Å²) in [4.78, 5) is 28.5. The number of allylic oxidation sites excluding steroid dienone is 1. The van der Waals surface area contributed by atoms with Crippen LogP contribution in [-0.4, -0.2) is 31.0 Å². The van der Waals surface area contributed by atoms with Crippen LogP contribution in [-0.2, 0) is 28.9 Å². The minimum absolute atomic E-state index is 0.122. The van der Waals surface area contributed by atoms with Crippen LogP contribution in [0.15, 0.2) is 21.9 Å². The smallest absolute Gasteiger partial charge is 0.250 e. The highest BCUT2D eigenvalue weighted by Crippen LogP contribution is 2.41. The monoisotopic (exact) mass is 453 g/mol. The highest BCUT2D eigenvalue weighted by Gasteiger charge is 2.23. The predicted octanol–water partition coefficient (Wildman–Crippen LogP) is 4.42. The molecule has 0 bridgehead atoms. The molecule has 2 N–H and O–H groups in total. The number of amides is 2. The van der Waals surface area contributed by atoms with Crippen molar-refractivity contribution in [2.24, 2.45) is 0 Å². The fourth-order valence-electron chi connectivity index (χ4n) is 4.21. The van der Waals surface area contributed by atoms with Crippen LogP contribution in [0.3, 0.4) is 0 Å². The number of carbonyl (C=O) groups is 2. The Bertz CT molecular complexity index is 1220. The van der Waals surface area contributed by atoms with Crippen molar-refractivity contribution in [1.82, 2.24) is 10.3 Å². The van der Waals surface area contributed by atoms with Crippen molar-refractivity contribution in [3.63, 3.8) is 0 Å². The Hall–Kier alpha value is -3.13. The lowest BCUT2D eigenvalue weighted by atomic mass is 9.93. The fraction of sp³-hybridized carbons (Fsp3) is 0.375. The second-order valence-electron chi connectivity index (χ2n) is 7.98. The number of hydrogen-bond donors (Lipinski definition) is 2. The van der Waals surface area contributed by atoms with E-state index in [1.54, 1.807) is 25.6 Å². The first-order chi connectivity index (χ1) is 15.4. The first kappa shape index (κ1) is 22.1. The molecule has 0 atom stereocenters. The molecule has 1 aliphatic rings. The number of hydrogen-bond acceptors (Lipinski definition) is 6. The molecule has 0 unspecified atom stereocenters. The number of thiazole rings is 1. The number of aryl methyl sites for hydroxylation is 3. The molecule has 2 aromatic heterocycles. The van der Waals surface area contributed by atoms with Crippen molar-refractivity contribution in [3.05, 3.63) is 45.7 Å². The van der Waals surface area contributed by atoms with E-state index in [4.69, 9.17) is 9.15 Å². The van der Waals surface area contributed by atoms with Gasteiger partial charge in [0.1, 0.15) is 17.1 Å². The van der Waals surface area contributed by atoms with Crippen LogP contribution in [0.1, 0.15) is 47.9 Å². The van der Waals surface area contributed by atoms with Gasteiger partial charge in [-0.2, -0.15) is 0 Å². The second kappa shape index (κ2) is 9.16. The van der Waals surface area contributed by atoms with Crippen molar-refractivity contribution in [3.8, 4) is 5.75 Å². The number of rotatable bonds is 6. The number of methoxy groups -OCH3 is 1. The number of carbonyl (C=O) groups excluding carboxylic acids is 2. The molecular formula is C24H27N3O4S. The number of nitrogens with zero attached hydrogens (tertiary/aromatic N) is 1. The SMILES string of the molecule is CNC(=O)Cc1csc(NC(=O)/C=C(\C)c2cc3c4c(oc3c(C)c2OC)CCCC4)n1. The third kappa shape index (κ3) is 4.27. The van der Waals surface area contributed by atoms with Gasteiger partial charge in [0.15, 0.2) is 5.13 Å². The minimum Gasteiger partial charge on any atom is -0.496 e. The first-order valence-electron chi connectivity index (χ1n) is 10.7. The minimum atomic E-state index is -0.280. The number of nitrogens with one attached hydrogen (secondary N) is 2. The largest absolute Gasteiger partial charge is 0.496 e. The van der Waals surface area contributed by atoms with E-state index in [2.05, 4.69) is 21.7 Å². The molecule has 7 nitrogen and oxygen atoms in total. The number of anilines is 1. The Labute approximate surface area is 190 Å². The first-order valence-corrected chi connectivity index (χ1v) is 11.6. The van der Waals surface area contributed by atoms with Crippen molar-refractivity contribution in [2.45, 2.75) is 46.0 Å².